The van der Waals surface area contributed by atoms with Gasteiger partial charge in [-0.3, -0.25) is 0 Å². The summed E-state index contributed by atoms with van der Waals surface area (Å²) in [5.74, 6) is -6.99. The van der Waals surface area contributed by atoms with Crippen LogP contribution in [0.3, 0.4) is 0 Å². The van der Waals surface area contributed by atoms with E-state index in [1.807, 2.05) is 0 Å². The fourth-order valence-corrected chi connectivity index (χ4v) is 3.78. The molecule has 0 saturated carbocycles. The van der Waals surface area contributed by atoms with E-state index in [2.05, 4.69) is 4.98 Å². The third-order valence-corrected chi connectivity index (χ3v) is 5.16. The van der Waals surface area contributed by atoms with Gasteiger partial charge in [-0.15, -0.1) is 0 Å². The molecule has 10 heteroatoms. The van der Waals surface area contributed by atoms with Crippen LogP contribution in [0.2, 0.25) is 0 Å². The van der Waals surface area contributed by atoms with E-state index in [0.29, 0.717) is 12.1 Å². The van der Waals surface area contributed by atoms with Gasteiger partial charge in [0.05, 0.1) is 5.69 Å². The summed E-state index contributed by atoms with van der Waals surface area (Å²) in [5, 5.41) is 19.6. The molecule has 2 N–H and O–H groups in total. The Morgan fingerprint density at radius 2 is 1.47 bits per heavy atom. The summed E-state index contributed by atoms with van der Waals surface area (Å²) in [5.41, 5.74) is -2.20. The van der Waals surface area contributed by atoms with Crippen LogP contribution in [-0.2, 0) is 4.79 Å². The third kappa shape index (κ3) is 4.01. The van der Waals surface area contributed by atoms with Crippen LogP contribution in [-0.4, -0.2) is 33.7 Å². The Balaban J connectivity index is 2.05. The van der Waals surface area contributed by atoms with Gasteiger partial charge < -0.3 is 15.1 Å². The van der Waals surface area contributed by atoms with Crippen LogP contribution in [0.4, 0.5) is 23.2 Å². The van der Waals surface area contributed by atoms with Crippen molar-refractivity contribution < 1.29 is 37.4 Å². The third-order valence-electron chi connectivity index (χ3n) is 5.16. The van der Waals surface area contributed by atoms with E-state index < -0.39 is 46.6 Å². The molecular weight excluding hydrogens is 456 g/mol. The first-order valence-electron chi connectivity index (χ1n) is 9.73. The van der Waals surface area contributed by atoms with Gasteiger partial charge in [0.1, 0.15) is 29.0 Å². The zero-order chi connectivity index (χ0) is 24.6. The number of hydrogen-bond donors (Lipinski definition) is 2. The number of carbonyl (C=O) groups is 2. The minimum absolute atomic E-state index is 0.0857. The average Bonchev–Trinajstić information content (AvgIpc) is 2.78. The van der Waals surface area contributed by atoms with Crippen molar-refractivity contribution in [1.29, 1.82) is 0 Å². The van der Waals surface area contributed by atoms with Gasteiger partial charge in [-0.05, 0) is 42.0 Å². The predicted molar refractivity (Wildman–Crippen MR) is 114 cm³/mol. The fourth-order valence-electron chi connectivity index (χ4n) is 3.78. The van der Waals surface area contributed by atoms with Crippen LogP contribution >= 0.6 is 0 Å². The van der Waals surface area contributed by atoms with Gasteiger partial charge in [-0.25, -0.2) is 32.1 Å². The van der Waals surface area contributed by atoms with Crippen molar-refractivity contribution in [1.82, 2.24) is 4.98 Å². The Morgan fingerprint density at radius 1 is 0.853 bits per heavy atom. The van der Waals surface area contributed by atoms with Crippen LogP contribution in [0.25, 0.3) is 11.1 Å². The van der Waals surface area contributed by atoms with Gasteiger partial charge in [-0.2, -0.15) is 0 Å². The van der Waals surface area contributed by atoms with E-state index in [1.165, 1.54) is 24.4 Å². The number of benzene rings is 2. The average molecular weight is 470 g/mol. The molecule has 1 aliphatic rings. The highest BCUT2D eigenvalue weighted by molar-refractivity contribution is 6.17. The number of pyridine rings is 1. The van der Waals surface area contributed by atoms with Crippen molar-refractivity contribution in [3.63, 3.8) is 0 Å². The number of allylic oxidation sites excluding steroid dienone is 2. The molecule has 4 rings (SSSR count). The molecule has 34 heavy (non-hydrogen) atoms. The van der Waals surface area contributed by atoms with E-state index in [9.17, 15) is 37.4 Å². The maximum Gasteiger partial charge on any atom is 0.356 e. The normalized spacial score (nSPS) is 13.6. The number of halogens is 4. The van der Waals surface area contributed by atoms with E-state index >= 15 is 0 Å². The molecule has 2 heterocycles. The first-order chi connectivity index (χ1) is 16.2. The maximum atomic E-state index is 14.9. The van der Waals surface area contributed by atoms with Gasteiger partial charge in [0.15, 0.2) is 5.69 Å². The monoisotopic (exact) mass is 470 g/mol. The molecule has 0 aliphatic carbocycles. The number of carboxylic acids is 2. The molecule has 0 spiro atoms. The lowest BCUT2D eigenvalue weighted by Crippen LogP contribution is -2.33. The Bertz CT molecular complexity index is 1400. The number of aromatic carboxylic acids is 1. The topological polar surface area (TPSA) is 90.7 Å². The minimum atomic E-state index is -1.59. The number of anilines is 1. The summed E-state index contributed by atoms with van der Waals surface area (Å²) in [7, 11) is 0. The highest BCUT2D eigenvalue weighted by atomic mass is 19.1. The number of carboxylic acid groups (broad SMARTS) is 2. The van der Waals surface area contributed by atoms with Crippen molar-refractivity contribution in [2.75, 3.05) is 11.4 Å². The van der Waals surface area contributed by atoms with E-state index in [-0.39, 0.29) is 34.5 Å². The van der Waals surface area contributed by atoms with Crippen molar-refractivity contribution >= 4 is 28.8 Å². The number of aromatic nitrogens is 1. The molecule has 6 nitrogen and oxygen atoms in total. The van der Waals surface area contributed by atoms with Crippen LogP contribution in [0.15, 0.2) is 66.5 Å². The first-order valence-corrected chi connectivity index (χ1v) is 9.73. The molecule has 0 fully saturated rings. The van der Waals surface area contributed by atoms with Gasteiger partial charge in [0.25, 0.3) is 0 Å². The first kappa shape index (κ1) is 22.7. The van der Waals surface area contributed by atoms with Crippen molar-refractivity contribution in [2.24, 2.45) is 0 Å². The molecule has 0 saturated heterocycles. The van der Waals surface area contributed by atoms with E-state index in [4.69, 9.17) is 0 Å². The SMILES string of the molecule is O=C(O)C1=C(c2ccc(F)cc2F)C(c2ccc(F)cc2F)=CCN1c1cccnc1C(=O)O. The van der Waals surface area contributed by atoms with E-state index in [0.717, 1.165) is 29.2 Å². The van der Waals surface area contributed by atoms with Crippen LogP contribution in [0.1, 0.15) is 21.6 Å². The fraction of sp³-hybridized carbons (Fsp3) is 0.0417. The van der Waals surface area contributed by atoms with Gasteiger partial charge in [-0.1, -0.05) is 6.08 Å². The quantitative estimate of drug-likeness (QED) is 0.524. The zero-order valence-corrected chi connectivity index (χ0v) is 17.1. The van der Waals surface area contributed by atoms with Crippen molar-refractivity contribution in [3.05, 3.63) is 107 Å². The van der Waals surface area contributed by atoms with Crippen LogP contribution in [0.5, 0.6) is 0 Å². The molecule has 3 aromatic rings. The highest BCUT2D eigenvalue weighted by Crippen LogP contribution is 2.42. The summed E-state index contributed by atoms with van der Waals surface area (Å²) >= 11 is 0. The van der Waals surface area contributed by atoms with Gasteiger partial charge in [0.2, 0.25) is 0 Å². The molecular formula is C24H14F4N2O4. The number of aliphatic carboxylic acids is 1. The largest absolute Gasteiger partial charge is 0.477 e. The van der Waals surface area contributed by atoms with Gasteiger partial charge >= 0.3 is 11.9 Å². The molecule has 0 atom stereocenters. The highest BCUT2D eigenvalue weighted by Gasteiger charge is 2.34. The Morgan fingerprint density at radius 3 is 2.03 bits per heavy atom. The molecule has 0 unspecified atom stereocenters. The second-order valence-corrected chi connectivity index (χ2v) is 7.18. The molecule has 172 valence electrons. The van der Waals surface area contributed by atoms with Crippen molar-refractivity contribution in [3.8, 4) is 0 Å². The van der Waals surface area contributed by atoms with Crippen molar-refractivity contribution in [2.45, 2.75) is 0 Å². The summed E-state index contributed by atoms with van der Waals surface area (Å²) < 4.78 is 56.7. The van der Waals surface area contributed by atoms with Gasteiger partial charge in [0, 0.05) is 41.6 Å². The van der Waals surface area contributed by atoms with Crippen LogP contribution < -0.4 is 4.90 Å². The lowest BCUT2D eigenvalue weighted by Gasteiger charge is -2.32. The maximum absolute atomic E-state index is 14.9. The number of rotatable bonds is 5. The second-order valence-electron chi connectivity index (χ2n) is 7.18. The van der Waals surface area contributed by atoms with E-state index in [1.54, 1.807) is 0 Å². The molecule has 0 amide bonds. The summed E-state index contributed by atoms with van der Waals surface area (Å²) in [4.78, 5) is 29.0. The molecule has 1 aromatic heterocycles. The Labute approximate surface area is 189 Å². The summed E-state index contributed by atoms with van der Waals surface area (Å²) in [6.07, 6.45) is 2.55. The Hall–Kier alpha value is -4.47. The number of nitrogens with zero attached hydrogens (tertiary/aromatic N) is 2. The molecule has 1 aliphatic heterocycles. The predicted octanol–water partition coefficient (Wildman–Crippen LogP) is 4.74. The summed E-state index contributed by atoms with van der Waals surface area (Å²) in [6, 6.07) is 7.73. The smallest absolute Gasteiger partial charge is 0.356 e. The molecule has 0 radical (unpaired) electrons. The molecule has 2 aromatic carbocycles. The molecule has 0 bridgehead atoms. The standard InChI is InChI=1S/C24H14F4N2O4/c25-12-3-5-14(17(27)10-12)15-7-9-30(19-2-1-8-29-21(19)23(31)32)22(24(33)34)20(15)16-6-4-13(26)11-18(16)28/h1-8,10-11H,9H2,(H,31,32)(H,33,34). The lowest BCUT2D eigenvalue weighted by molar-refractivity contribution is -0.132. The minimum Gasteiger partial charge on any atom is -0.477 e. The number of hydrogen-bond acceptors (Lipinski definition) is 4. The lowest BCUT2D eigenvalue weighted by atomic mass is 9.87. The van der Waals surface area contributed by atoms with Crippen LogP contribution in [0, 0.1) is 23.3 Å². The second kappa shape index (κ2) is 8.81. The Kier molecular flexibility index (Phi) is 5.89. The zero-order valence-electron chi connectivity index (χ0n) is 17.1. The summed E-state index contributed by atoms with van der Waals surface area (Å²) in [6.45, 7) is -0.258.